The Labute approximate surface area is 82.9 Å². The minimum absolute atomic E-state index is 0.739. The van der Waals surface area contributed by atoms with Crippen molar-refractivity contribution in [3.05, 3.63) is 29.8 Å². The van der Waals surface area contributed by atoms with Gasteiger partial charge in [-0.1, -0.05) is 12.1 Å². The summed E-state index contributed by atoms with van der Waals surface area (Å²) in [6.07, 6.45) is 1.15. The number of nitrogens with one attached hydrogen (secondary N) is 1. The third kappa shape index (κ3) is 2.39. The van der Waals surface area contributed by atoms with E-state index >= 15 is 0 Å². The van der Waals surface area contributed by atoms with E-state index in [-0.39, 0.29) is 0 Å². The molecule has 0 bridgehead atoms. The Balaban J connectivity index is 1.97. The topological polar surface area (TPSA) is 38.0 Å². The van der Waals surface area contributed by atoms with Crippen molar-refractivity contribution in [2.45, 2.75) is 11.7 Å². The predicted octanol–water partition coefficient (Wildman–Crippen LogP) is 1.47. The van der Waals surface area contributed by atoms with Gasteiger partial charge >= 0.3 is 0 Å². The van der Waals surface area contributed by atoms with E-state index in [0.717, 1.165) is 29.8 Å². The first-order valence-electron chi connectivity index (χ1n) is 4.51. The summed E-state index contributed by atoms with van der Waals surface area (Å²) in [5.74, 6) is 1.10. The number of anilines is 1. The van der Waals surface area contributed by atoms with Gasteiger partial charge in [0.25, 0.3) is 0 Å². The zero-order valence-electron chi connectivity index (χ0n) is 7.49. The molecule has 0 radical (unpaired) electrons. The van der Waals surface area contributed by atoms with Gasteiger partial charge in [-0.15, -0.1) is 11.8 Å². The van der Waals surface area contributed by atoms with Crippen molar-refractivity contribution in [1.82, 2.24) is 5.32 Å². The first kappa shape index (κ1) is 8.91. The summed E-state index contributed by atoms with van der Waals surface area (Å²) in [4.78, 5) is 0. The van der Waals surface area contributed by atoms with Crippen molar-refractivity contribution < 1.29 is 0 Å². The predicted molar refractivity (Wildman–Crippen MR) is 58.8 cm³/mol. The molecule has 1 aromatic rings. The summed E-state index contributed by atoms with van der Waals surface area (Å²) in [6.45, 7) is 1.13. The highest BCUT2D eigenvalue weighted by Crippen LogP contribution is 2.19. The average Bonchev–Trinajstić information content (AvgIpc) is 2.62. The standard InChI is InChI=1S/C10H14N2S/c11-9-3-1-8(2-4-9)5-10-6-12-7-13-10/h1-4,10,12H,5-7,11H2. The van der Waals surface area contributed by atoms with Crippen LogP contribution in [0.4, 0.5) is 5.69 Å². The van der Waals surface area contributed by atoms with E-state index in [2.05, 4.69) is 17.4 Å². The Kier molecular flexibility index (Phi) is 2.76. The second-order valence-electron chi connectivity index (χ2n) is 3.33. The molecule has 3 heteroatoms. The fourth-order valence-corrected chi connectivity index (χ4v) is 2.52. The zero-order chi connectivity index (χ0) is 9.10. The fraction of sp³-hybridized carbons (Fsp3) is 0.400. The van der Waals surface area contributed by atoms with Crippen LogP contribution in [0.15, 0.2) is 24.3 Å². The van der Waals surface area contributed by atoms with E-state index in [1.54, 1.807) is 0 Å². The maximum atomic E-state index is 5.62. The third-order valence-corrected chi connectivity index (χ3v) is 3.41. The maximum Gasteiger partial charge on any atom is 0.0421 e. The molecule has 1 heterocycles. The van der Waals surface area contributed by atoms with E-state index in [4.69, 9.17) is 5.73 Å². The molecule has 1 atom stereocenters. The van der Waals surface area contributed by atoms with Gasteiger partial charge in [-0.3, -0.25) is 0 Å². The van der Waals surface area contributed by atoms with Crippen molar-refractivity contribution in [1.29, 1.82) is 0 Å². The Hall–Kier alpha value is -0.670. The lowest BCUT2D eigenvalue weighted by Gasteiger charge is -2.07. The van der Waals surface area contributed by atoms with Crippen LogP contribution in [0.2, 0.25) is 0 Å². The number of rotatable bonds is 2. The summed E-state index contributed by atoms with van der Waals surface area (Å²) >= 11 is 2.00. The van der Waals surface area contributed by atoms with Crippen molar-refractivity contribution in [3.8, 4) is 0 Å². The number of thioether (sulfide) groups is 1. The second-order valence-corrected chi connectivity index (χ2v) is 4.62. The Bertz CT molecular complexity index is 265. The third-order valence-electron chi connectivity index (χ3n) is 2.24. The minimum Gasteiger partial charge on any atom is -0.399 e. The second kappa shape index (κ2) is 4.03. The molecule has 2 nitrogen and oxygen atoms in total. The van der Waals surface area contributed by atoms with E-state index in [0.29, 0.717) is 0 Å². The summed E-state index contributed by atoms with van der Waals surface area (Å²) in [5, 5.41) is 4.08. The van der Waals surface area contributed by atoms with Gasteiger partial charge in [0, 0.05) is 23.4 Å². The number of hydrogen-bond donors (Lipinski definition) is 2. The number of benzene rings is 1. The molecule has 1 saturated heterocycles. The lowest BCUT2D eigenvalue weighted by Crippen LogP contribution is -2.14. The first-order valence-corrected chi connectivity index (χ1v) is 5.56. The lowest BCUT2D eigenvalue weighted by atomic mass is 10.1. The maximum absolute atomic E-state index is 5.62. The van der Waals surface area contributed by atoms with Gasteiger partial charge in [-0.25, -0.2) is 0 Å². The van der Waals surface area contributed by atoms with Gasteiger partial charge in [-0.2, -0.15) is 0 Å². The van der Waals surface area contributed by atoms with Gasteiger partial charge in [0.1, 0.15) is 0 Å². The fourth-order valence-electron chi connectivity index (χ4n) is 1.50. The Morgan fingerprint density at radius 1 is 1.38 bits per heavy atom. The highest BCUT2D eigenvalue weighted by Gasteiger charge is 2.14. The quantitative estimate of drug-likeness (QED) is 0.700. The molecule has 0 aliphatic carbocycles. The zero-order valence-corrected chi connectivity index (χ0v) is 8.31. The molecule has 13 heavy (non-hydrogen) atoms. The first-order chi connectivity index (χ1) is 6.34. The molecule has 1 aromatic carbocycles. The summed E-state index contributed by atoms with van der Waals surface area (Å²) in [7, 11) is 0. The smallest absolute Gasteiger partial charge is 0.0421 e. The van der Waals surface area contributed by atoms with E-state index < -0.39 is 0 Å². The normalized spacial score (nSPS) is 22.0. The molecule has 0 aromatic heterocycles. The van der Waals surface area contributed by atoms with Crippen LogP contribution in [0.3, 0.4) is 0 Å². The Morgan fingerprint density at radius 2 is 2.15 bits per heavy atom. The van der Waals surface area contributed by atoms with Crippen LogP contribution in [-0.2, 0) is 6.42 Å². The summed E-state index contributed by atoms with van der Waals surface area (Å²) in [6, 6.07) is 8.19. The molecule has 1 aliphatic rings. The van der Waals surface area contributed by atoms with Crippen LogP contribution in [0.5, 0.6) is 0 Å². The van der Waals surface area contributed by atoms with E-state index in [1.807, 2.05) is 23.9 Å². The number of hydrogen-bond acceptors (Lipinski definition) is 3. The Morgan fingerprint density at radius 3 is 2.77 bits per heavy atom. The number of nitrogens with two attached hydrogens (primary N) is 1. The SMILES string of the molecule is Nc1ccc(CC2CNCS2)cc1. The van der Waals surface area contributed by atoms with Crippen molar-refractivity contribution in [2.24, 2.45) is 0 Å². The average molecular weight is 194 g/mol. The lowest BCUT2D eigenvalue weighted by molar-refractivity contribution is 0.769. The molecule has 70 valence electrons. The number of nitrogen functional groups attached to an aromatic ring is 1. The molecular formula is C10H14N2S. The molecule has 3 N–H and O–H groups in total. The molecule has 1 aliphatic heterocycles. The van der Waals surface area contributed by atoms with Crippen LogP contribution in [-0.4, -0.2) is 17.7 Å². The molecule has 1 unspecified atom stereocenters. The highest BCUT2D eigenvalue weighted by atomic mass is 32.2. The van der Waals surface area contributed by atoms with Crippen LogP contribution < -0.4 is 11.1 Å². The van der Waals surface area contributed by atoms with Crippen molar-refractivity contribution in [2.75, 3.05) is 18.2 Å². The van der Waals surface area contributed by atoms with E-state index in [9.17, 15) is 0 Å². The molecular weight excluding hydrogens is 180 g/mol. The van der Waals surface area contributed by atoms with Gasteiger partial charge in [0.15, 0.2) is 0 Å². The van der Waals surface area contributed by atoms with E-state index in [1.165, 1.54) is 5.56 Å². The molecule has 1 fully saturated rings. The van der Waals surface area contributed by atoms with Gasteiger partial charge in [-0.05, 0) is 24.1 Å². The van der Waals surface area contributed by atoms with Gasteiger partial charge < -0.3 is 11.1 Å². The molecule has 0 amide bonds. The monoisotopic (exact) mass is 194 g/mol. The van der Waals surface area contributed by atoms with Crippen LogP contribution >= 0.6 is 11.8 Å². The van der Waals surface area contributed by atoms with Crippen molar-refractivity contribution >= 4 is 17.4 Å². The summed E-state index contributed by atoms with van der Waals surface area (Å²) in [5.41, 5.74) is 7.85. The molecule has 2 rings (SSSR count). The molecule has 0 saturated carbocycles. The van der Waals surface area contributed by atoms with Gasteiger partial charge in [0.2, 0.25) is 0 Å². The summed E-state index contributed by atoms with van der Waals surface area (Å²) < 4.78 is 0. The molecule has 0 spiro atoms. The van der Waals surface area contributed by atoms with Crippen LogP contribution in [0.1, 0.15) is 5.56 Å². The largest absolute Gasteiger partial charge is 0.399 e. The van der Waals surface area contributed by atoms with Gasteiger partial charge in [0.05, 0.1) is 0 Å². The highest BCUT2D eigenvalue weighted by molar-refractivity contribution is 8.00. The minimum atomic E-state index is 0.739. The van der Waals surface area contributed by atoms with Crippen LogP contribution in [0, 0.1) is 0 Å². The van der Waals surface area contributed by atoms with Crippen molar-refractivity contribution in [3.63, 3.8) is 0 Å². The van der Waals surface area contributed by atoms with Crippen LogP contribution in [0.25, 0.3) is 0 Å².